The summed E-state index contributed by atoms with van der Waals surface area (Å²) in [6.45, 7) is 0.527. The number of carbonyl (C=O) groups is 1. The quantitative estimate of drug-likeness (QED) is 0.522. The van der Waals surface area contributed by atoms with Gasteiger partial charge in [-0.05, 0) is 49.4 Å². The van der Waals surface area contributed by atoms with Gasteiger partial charge in [0.05, 0.1) is 22.6 Å². The molecule has 2 amide bonds. The SMILES string of the molecule is CN(C)C(=O)NCCC1Cc2nn(-c3ccccc3C(F)(F)F)c(-c3ccc(Cl)cc3)c2C1. The van der Waals surface area contributed by atoms with Gasteiger partial charge in [-0.2, -0.15) is 18.3 Å². The van der Waals surface area contributed by atoms with Gasteiger partial charge in [-0.25, -0.2) is 9.48 Å². The maximum atomic E-state index is 13.8. The Kier molecular flexibility index (Phi) is 6.38. The number of alkyl halides is 3. The Labute approximate surface area is 195 Å². The second-order valence-corrected chi connectivity index (χ2v) is 8.83. The number of hydrogen-bond donors (Lipinski definition) is 1. The Hall–Kier alpha value is -3.00. The van der Waals surface area contributed by atoms with Crippen LogP contribution in [0.2, 0.25) is 5.02 Å². The molecule has 1 N–H and O–H groups in total. The molecule has 1 aromatic heterocycles. The van der Waals surface area contributed by atoms with Crippen LogP contribution in [0.25, 0.3) is 16.9 Å². The molecule has 3 aromatic rings. The highest BCUT2D eigenvalue weighted by Crippen LogP contribution is 2.40. The molecule has 0 bridgehead atoms. The van der Waals surface area contributed by atoms with Crippen molar-refractivity contribution in [1.29, 1.82) is 0 Å². The summed E-state index contributed by atoms with van der Waals surface area (Å²) < 4.78 is 42.7. The molecule has 0 saturated heterocycles. The Morgan fingerprint density at radius 2 is 1.85 bits per heavy atom. The summed E-state index contributed by atoms with van der Waals surface area (Å²) in [5, 5.41) is 8.06. The first-order valence-corrected chi connectivity index (χ1v) is 11.0. The van der Waals surface area contributed by atoms with Crippen LogP contribution in [-0.4, -0.2) is 41.4 Å². The van der Waals surface area contributed by atoms with Crippen molar-refractivity contribution in [2.45, 2.75) is 25.4 Å². The van der Waals surface area contributed by atoms with Crippen LogP contribution in [0.3, 0.4) is 0 Å². The number of aromatic nitrogens is 2. The second kappa shape index (κ2) is 9.09. The Bertz CT molecular complexity index is 1160. The van der Waals surface area contributed by atoms with Gasteiger partial charge in [0.2, 0.25) is 0 Å². The van der Waals surface area contributed by atoms with E-state index in [9.17, 15) is 18.0 Å². The third-order valence-corrected chi connectivity index (χ3v) is 6.08. The van der Waals surface area contributed by atoms with Crippen molar-refractivity contribution in [2.75, 3.05) is 20.6 Å². The number of para-hydroxylation sites is 1. The highest BCUT2D eigenvalue weighted by Gasteiger charge is 2.36. The van der Waals surface area contributed by atoms with E-state index < -0.39 is 11.7 Å². The number of carbonyl (C=O) groups excluding carboxylic acids is 1. The number of urea groups is 1. The second-order valence-electron chi connectivity index (χ2n) is 8.40. The Morgan fingerprint density at radius 3 is 2.52 bits per heavy atom. The van der Waals surface area contributed by atoms with Gasteiger partial charge < -0.3 is 10.2 Å². The third-order valence-electron chi connectivity index (χ3n) is 5.83. The minimum Gasteiger partial charge on any atom is -0.338 e. The predicted molar refractivity (Wildman–Crippen MR) is 122 cm³/mol. The highest BCUT2D eigenvalue weighted by molar-refractivity contribution is 6.30. The van der Waals surface area contributed by atoms with E-state index in [-0.39, 0.29) is 17.6 Å². The molecule has 0 aliphatic heterocycles. The molecule has 1 aliphatic carbocycles. The zero-order valence-electron chi connectivity index (χ0n) is 18.3. The molecule has 2 aromatic carbocycles. The number of nitrogens with one attached hydrogen (secondary N) is 1. The van der Waals surface area contributed by atoms with Gasteiger partial charge in [0.25, 0.3) is 0 Å². The summed E-state index contributed by atoms with van der Waals surface area (Å²) >= 11 is 6.05. The van der Waals surface area contributed by atoms with Crippen molar-refractivity contribution in [1.82, 2.24) is 20.0 Å². The van der Waals surface area contributed by atoms with Crippen LogP contribution in [0.4, 0.5) is 18.0 Å². The van der Waals surface area contributed by atoms with Crippen LogP contribution in [0.15, 0.2) is 48.5 Å². The molecule has 33 heavy (non-hydrogen) atoms. The topological polar surface area (TPSA) is 50.2 Å². The molecule has 5 nitrogen and oxygen atoms in total. The van der Waals surface area contributed by atoms with Crippen LogP contribution >= 0.6 is 11.6 Å². The van der Waals surface area contributed by atoms with E-state index in [1.165, 1.54) is 21.7 Å². The van der Waals surface area contributed by atoms with Crippen LogP contribution in [0.5, 0.6) is 0 Å². The maximum absolute atomic E-state index is 13.8. The number of rotatable bonds is 5. The zero-order valence-corrected chi connectivity index (χ0v) is 19.0. The largest absolute Gasteiger partial charge is 0.418 e. The molecule has 1 heterocycles. The van der Waals surface area contributed by atoms with Gasteiger partial charge in [0.15, 0.2) is 0 Å². The molecule has 9 heteroatoms. The van der Waals surface area contributed by atoms with Gasteiger partial charge in [0.1, 0.15) is 0 Å². The standard InChI is InChI=1S/C24H24ClF3N4O/c1-31(2)23(33)29-12-11-15-13-18-20(14-15)30-32(22(18)16-7-9-17(25)10-8-16)21-6-4-3-5-19(21)24(26,27)28/h3-10,15H,11-14H2,1-2H3,(H,29,33). The van der Waals surface area contributed by atoms with Crippen LogP contribution in [0.1, 0.15) is 23.2 Å². The molecule has 174 valence electrons. The van der Waals surface area contributed by atoms with E-state index in [2.05, 4.69) is 10.4 Å². The maximum Gasteiger partial charge on any atom is 0.418 e. The van der Waals surface area contributed by atoms with E-state index in [0.29, 0.717) is 30.1 Å². The molecule has 0 fully saturated rings. The fourth-order valence-electron chi connectivity index (χ4n) is 4.23. The monoisotopic (exact) mass is 476 g/mol. The average Bonchev–Trinajstić information content (AvgIpc) is 3.31. The summed E-state index contributed by atoms with van der Waals surface area (Å²) in [4.78, 5) is 13.2. The number of amides is 2. The minimum atomic E-state index is -4.50. The van der Waals surface area contributed by atoms with Gasteiger partial charge in [-0.1, -0.05) is 35.9 Å². The molecule has 1 unspecified atom stereocenters. The molecular formula is C24H24ClF3N4O. The highest BCUT2D eigenvalue weighted by atomic mass is 35.5. The lowest BCUT2D eigenvalue weighted by Crippen LogP contribution is -2.35. The summed E-state index contributed by atoms with van der Waals surface area (Å²) in [6.07, 6.45) is -2.42. The normalized spacial score (nSPS) is 15.4. The lowest BCUT2D eigenvalue weighted by molar-refractivity contribution is -0.137. The van der Waals surface area contributed by atoms with Gasteiger partial charge in [-0.15, -0.1) is 0 Å². The third kappa shape index (κ3) is 4.85. The number of benzene rings is 2. The summed E-state index contributed by atoms with van der Waals surface area (Å²) in [5.41, 5.74) is 2.41. The fraction of sp³-hybridized carbons (Fsp3) is 0.333. The minimum absolute atomic E-state index is 0.000790. The van der Waals surface area contributed by atoms with E-state index in [1.54, 1.807) is 44.4 Å². The van der Waals surface area contributed by atoms with Gasteiger partial charge in [-0.3, -0.25) is 0 Å². The van der Waals surface area contributed by atoms with Gasteiger partial charge >= 0.3 is 12.2 Å². The average molecular weight is 477 g/mol. The number of halogens is 4. The van der Waals surface area contributed by atoms with Crippen molar-refractivity contribution < 1.29 is 18.0 Å². The first-order chi connectivity index (χ1) is 15.6. The number of hydrogen-bond acceptors (Lipinski definition) is 2. The fourth-order valence-corrected chi connectivity index (χ4v) is 4.36. The first-order valence-electron chi connectivity index (χ1n) is 10.6. The van der Waals surface area contributed by atoms with E-state index in [4.69, 9.17) is 11.6 Å². The van der Waals surface area contributed by atoms with E-state index >= 15 is 0 Å². The van der Waals surface area contributed by atoms with Gasteiger partial charge in [0, 0.05) is 36.8 Å². The van der Waals surface area contributed by atoms with Crippen LogP contribution < -0.4 is 5.32 Å². The molecule has 0 radical (unpaired) electrons. The Morgan fingerprint density at radius 1 is 1.15 bits per heavy atom. The van der Waals surface area contributed by atoms with Crippen molar-refractivity contribution >= 4 is 17.6 Å². The number of fused-ring (bicyclic) bond motifs is 1. The van der Waals surface area contributed by atoms with Crippen molar-refractivity contribution in [3.8, 4) is 16.9 Å². The molecule has 0 spiro atoms. The van der Waals surface area contributed by atoms with E-state index in [1.807, 2.05) is 0 Å². The lowest BCUT2D eigenvalue weighted by atomic mass is 10.00. The van der Waals surface area contributed by atoms with Crippen molar-refractivity contribution in [3.63, 3.8) is 0 Å². The summed E-state index contributed by atoms with van der Waals surface area (Å²) in [6, 6.07) is 12.4. The lowest BCUT2D eigenvalue weighted by Gasteiger charge is -2.17. The predicted octanol–water partition coefficient (Wildman–Crippen LogP) is 5.59. The summed E-state index contributed by atoms with van der Waals surface area (Å²) in [5.74, 6) is 0.253. The molecule has 1 atom stereocenters. The first kappa shape index (κ1) is 23.2. The van der Waals surface area contributed by atoms with Crippen LogP contribution in [0, 0.1) is 5.92 Å². The smallest absolute Gasteiger partial charge is 0.338 e. The number of nitrogens with zero attached hydrogens (tertiary/aromatic N) is 3. The van der Waals surface area contributed by atoms with Crippen molar-refractivity contribution in [2.24, 2.45) is 5.92 Å². The summed E-state index contributed by atoms with van der Waals surface area (Å²) in [7, 11) is 3.36. The van der Waals surface area contributed by atoms with Crippen LogP contribution in [-0.2, 0) is 19.0 Å². The Balaban J connectivity index is 1.70. The van der Waals surface area contributed by atoms with Crippen molar-refractivity contribution in [3.05, 3.63) is 70.4 Å². The molecule has 1 aliphatic rings. The molecular weight excluding hydrogens is 453 g/mol. The zero-order chi connectivity index (χ0) is 23.8. The molecule has 4 rings (SSSR count). The molecule has 0 saturated carbocycles. The van der Waals surface area contributed by atoms with E-state index in [0.717, 1.165) is 29.3 Å².